The molecule has 0 N–H and O–H groups in total. The van der Waals surface area contributed by atoms with Gasteiger partial charge in [-0.15, -0.1) is 0 Å². The SMILES string of the molecule is CCOC(=O)CCC1(CCC(=O)OCC)CC1. The second kappa shape index (κ2) is 6.62. The molecule has 0 amide bonds. The van der Waals surface area contributed by atoms with Gasteiger partial charge in [0.05, 0.1) is 13.2 Å². The van der Waals surface area contributed by atoms with Crippen LogP contribution in [0.2, 0.25) is 0 Å². The molecule has 1 aliphatic rings. The highest BCUT2D eigenvalue weighted by Gasteiger charge is 2.42. The number of ether oxygens (including phenoxy) is 2. The van der Waals surface area contributed by atoms with E-state index >= 15 is 0 Å². The fourth-order valence-electron chi connectivity index (χ4n) is 2.00. The molecular formula is C13H22O4. The van der Waals surface area contributed by atoms with Crippen LogP contribution in [-0.4, -0.2) is 25.2 Å². The van der Waals surface area contributed by atoms with Crippen LogP contribution < -0.4 is 0 Å². The summed E-state index contributed by atoms with van der Waals surface area (Å²) in [5.41, 5.74) is 0.208. The van der Waals surface area contributed by atoms with E-state index in [2.05, 4.69) is 0 Å². The first kappa shape index (κ1) is 14.0. The van der Waals surface area contributed by atoms with Crippen molar-refractivity contribution >= 4 is 11.9 Å². The third-order valence-corrected chi connectivity index (χ3v) is 3.29. The van der Waals surface area contributed by atoms with Crippen LogP contribution >= 0.6 is 0 Å². The number of esters is 2. The summed E-state index contributed by atoms with van der Waals surface area (Å²) in [6, 6.07) is 0. The topological polar surface area (TPSA) is 52.6 Å². The lowest BCUT2D eigenvalue weighted by Gasteiger charge is -2.13. The van der Waals surface area contributed by atoms with Gasteiger partial charge in [-0.3, -0.25) is 9.59 Å². The first-order chi connectivity index (χ1) is 8.12. The second-order valence-corrected chi connectivity index (χ2v) is 4.61. The maximum absolute atomic E-state index is 11.2. The van der Waals surface area contributed by atoms with E-state index in [9.17, 15) is 9.59 Å². The molecule has 0 radical (unpaired) electrons. The van der Waals surface area contributed by atoms with E-state index in [-0.39, 0.29) is 17.4 Å². The molecule has 0 unspecified atom stereocenters. The van der Waals surface area contributed by atoms with E-state index in [1.54, 1.807) is 0 Å². The molecule has 0 heterocycles. The van der Waals surface area contributed by atoms with Crippen molar-refractivity contribution in [2.45, 2.75) is 52.4 Å². The second-order valence-electron chi connectivity index (χ2n) is 4.61. The zero-order valence-corrected chi connectivity index (χ0v) is 10.8. The average Bonchev–Trinajstić information content (AvgIpc) is 3.06. The summed E-state index contributed by atoms with van der Waals surface area (Å²) in [5, 5.41) is 0. The zero-order chi connectivity index (χ0) is 12.7. The Morgan fingerprint density at radius 3 is 1.65 bits per heavy atom. The molecule has 1 fully saturated rings. The summed E-state index contributed by atoms with van der Waals surface area (Å²) < 4.78 is 9.80. The van der Waals surface area contributed by atoms with Crippen LogP contribution in [-0.2, 0) is 19.1 Å². The predicted molar refractivity (Wildman–Crippen MR) is 63.4 cm³/mol. The van der Waals surface area contributed by atoms with Crippen LogP contribution in [0.3, 0.4) is 0 Å². The molecule has 0 aromatic rings. The highest BCUT2D eigenvalue weighted by molar-refractivity contribution is 5.70. The van der Waals surface area contributed by atoms with Gasteiger partial charge in [-0.25, -0.2) is 0 Å². The molecule has 0 aliphatic heterocycles. The molecule has 98 valence electrons. The molecule has 0 aromatic carbocycles. The summed E-state index contributed by atoms with van der Waals surface area (Å²) in [7, 11) is 0. The van der Waals surface area contributed by atoms with Crippen LogP contribution in [0, 0.1) is 5.41 Å². The minimum Gasteiger partial charge on any atom is -0.466 e. The van der Waals surface area contributed by atoms with Crippen LogP contribution in [0.1, 0.15) is 52.4 Å². The lowest BCUT2D eigenvalue weighted by atomic mass is 9.94. The van der Waals surface area contributed by atoms with E-state index in [1.165, 1.54) is 0 Å². The minimum atomic E-state index is -0.130. The lowest BCUT2D eigenvalue weighted by molar-refractivity contribution is -0.143. The van der Waals surface area contributed by atoms with E-state index in [4.69, 9.17) is 9.47 Å². The first-order valence-electron chi connectivity index (χ1n) is 6.43. The third-order valence-electron chi connectivity index (χ3n) is 3.29. The highest BCUT2D eigenvalue weighted by Crippen LogP contribution is 2.53. The summed E-state index contributed by atoms with van der Waals surface area (Å²) in [4.78, 5) is 22.5. The molecule has 0 spiro atoms. The molecule has 0 atom stereocenters. The van der Waals surface area contributed by atoms with Crippen LogP contribution in [0.25, 0.3) is 0 Å². The van der Waals surface area contributed by atoms with Crippen molar-refractivity contribution in [3.8, 4) is 0 Å². The molecule has 17 heavy (non-hydrogen) atoms. The Morgan fingerprint density at radius 2 is 1.35 bits per heavy atom. The molecule has 0 aromatic heterocycles. The summed E-state index contributed by atoms with van der Waals surface area (Å²) in [6.45, 7) is 4.50. The predicted octanol–water partition coefficient (Wildman–Crippen LogP) is 2.45. The minimum absolute atomic E-state index is 0.130. The Kier molecular flexibility index (Phi) is 5.45. The quantitative estimate of drug-likeness (QED) is 0.613. The lowest BCUT2D eigenvalue weighted by Crippen LogP contribution is -2.11. The van der Waals surface area contributed by atoms with Crippen molar-refractivity contribution in [1.82, 2.24) is 0 Å². The average molecular weight is 242 g/mol. The molecular weight excluding hydrogens is 220 g/mol. The maximum atomic E-state index is 11.2. The molecule has 1 rings (SSSR count). The zero-order valence-electron chi connectivity index (χ0n) is 10.8. The van der Waals surface area contributed by atoms with E-state index in [0.717, 1.165) is 25.7 Å². The number of hydrogen-bond acceptors (Lipinski definition) is 4. The van der Waals surface area contributed by atoms with Crippen molar-refractivity contribution in [2.24, 2.45) is 5.41 Å². The van der Waals surface area contributed by atoms with Crippen LogP contribution in [0.15, 0.2) is 0 Å². The van der Waals surface area contributed by atoms with Gasteiger partial charge in [-0.05, 0) is 44.9 Å². The van der Waals surface area contributed by atoms with Gasteiger partial charge >= 0.3 is 11.9 Å². The molecule has 1 aliphatic carbocycles. The Labute approximate surface area is 103 Å². The molecule has 4 nitrogen and oxygen atoms in total. The molecule has 1 saturated carbocycles. The van der Waals surface area contributed by atoms with Gasteiger partial charge in [-0.2, -0.15) is 0 Å². The molecule has 0 saturated heterocycles. The van der Waals surface area contributed by atoms with E-state index in [1.807, 2.05) is 13.8 Å². The Balaban J connectivity index is 2.19. The van der Waals surface area contributed by atoms with Crippen molar-refractivity contribution < 1.29 is 19.1 Å². The maximum Gasteiger partial charge on any atom is 0.305 e. The van der Waals surface area contributed by atoms with E-state index < -0.39 is 0 Å². The Morgan fingerprint density at radius 1 is 0.941 bits per heavy atom. The van der Waals surface area contributed by atoms with Crippen LogP contribution in [0.5, 0.6) is 0 Å². The standard InChI is InChI=1S/C13H22O4/c1-3-16-11(14)5-7-13(9-10-13)8-6-12(15)17-4-2/h3-10H2,1-2H3. The summed E-state index contributed by atoms with van der Waals surface area (Å²) in [5.74, 6) is -0.259. The van der Waals surface area contributed by atoms with Gasteiger partial charge in [0.1, 0.15) is 0 Å². The largest absolute Gasteiger partial charge is 0.466 e. The third kappa shape index (κ3) is 5.20. The number of hydrogen-bond donors (Lipinski definition) is 0. The van der Waals surface area contributed by atoms with Crippen molar-refractivity contribution in [3.63, 3.8) is 0 Å². The van der Waals surface area contributed by atoms with Gasteiger partial charge in [0.15, 0.2) is 0 Å². The van der Waals surface area contributed by atoms with Gasteiger partial charge < -0.3 is 9.47 Å². The summed E-state index contributed by atoms with van der Waals surface area (Å²) >= 11 is 0. The Hall–Kier alpha value is -1.06. The highest BCUT2D eigenvalue weighted by atomic mass is 16.5. The normalized spacial score (nSPS) is 16.4. The van der Waals surface area contributed by atoms with E-state index in [0.29, 0.717) is 26.1 Å². The van der Waals surface area contributed by atoms with Crippen molar-refractivity contribution in [3.05, 3.63) is 0 Å². The van der Waals surface area contributed by atoms with Gasteiger partial charge in [-0.1, -0.05) is 0 Å². The van der Waals surface area contributed by atoms with Crippen molar-refractivity contribution in [1.29, 1.82) is 0 Å². The van der Waals surface area contributed by atoms with Gasteiger partial charge in [0.25, 0.3) is 0 Å². The fraction of sp³-hybridized carbons (Fsp3) is 0.846. The van der Waals surface area contributed by atoms with Crippen LogP contribution in [0.4, 0.5) is 0 Å². The molecule has 4 heteroatoms. The molecule has 0 bridgehead atoms. The van der Waals surface area contributed by atoms with Gasteiger partial charge in [0, 0.05) is 12.8 Å². The Bertz CT molecular complexity index is 245. The number of rotatable bonds is 8. The number of carbonyl (C=O) groups excluding carboxylic acids is 2. The summed E-state index contributed by atoms with van der Waals surface area (Å²) in [6.07, 6.45) is 4.85. The van der Waals surface area contributed by atoms with Gasteiger partial charge in [0.2, 0.25) is 0 Å². The number of carbonyl (C=O) groups is 2. The first-order valence-corrected chi connectivity index (χ1v) is 6.43. The monoisotopic (exact) mass is 242 g/mol. The fourth-order valence-corrected chi connectivity index (χ4v) is 2.00. The van der Waals surface area contributed by atoms with Crippen molar-refractivity contribution in [2.75, 3.05) is 13.2 Å². The smallest absolute Gasteiger partial charge is 0.305 e.